The third kappa shape index (κ3) is 3.81. The van der Waals surface area contributed by atoms with Crippen molar-refractivity contribution in [2.45, 2.75) is 38.8 Å². The van der Waals surface area contributed by atoms with E-state index in [9.17, 15) is 9.59 Å². The molecule has 1 saturated heterocycles. The van der Waals surface area contributed by atoms with E-state index < -0.39 is 5.60 Å². The zero-order valence-electron chi connectivity index (χ0n) is 10.2. The summed E-state index contributed by atoms with van der Waals surface area (Å²) in [6, 6.07) is -0.0823. The Bertz CT molecular complexity index is 260. The van der Waals surface area contributed by atoms with E-state index in [1.165, 1.54) is 0 Å². The van der Waals surface area contributed by atoms with E-state index in [1.807, 2.05) is 20.8 Å². The fourth-order valence-corrected chi connectivity index (χ4v) is 1.64. The van der Waals surface area contributed by atoms with Crippen LogP contribution in [0.2, 0.25) is 0 Å². The molecule has 1 N–H and O–H groups in total. The Morgan fingerprint density at radius 2 is 2.25 bits per heavy atom. The van der Waals surface area contributed by atoms with Crippen molar-refractivity contribution in [1.29, 1.82) is 0 Å². The molecule has 0 spiro atoms. The van der Waals surface area contributed by atoms with Crippen LogP contribution in [0.3, 0.4) is 0 Å². The molecule has 1 unspecified atom stereocenters. The second-order valence-electron chi connectivity index (χ2n) is 4.93. The number of hydrogen-bond acceptors (Lipinski definition) is 4. The third-order valence-corrected chi connectivity index (χ3v) is 2.35. The molecule has 92 valence electrons. The number of rotatable bonds is 2. The number of hydrogen-bond donors (Lipinski definition) is 1. The second-order valence-corrected chi connectivity index (χ2v) is 4.93. The summed E-state index contributed by atoms with van der Waals surface area (Å²) in [7, 11) is 0. The van der Waals surface area contributed by atoms with E-state index >= 15 is 0 Å². The molecule has 0 radical (unpaired) electrons. The minimum absolute atomic E-state index is 0.0823. The average Bonchev–Trinajstić information content (AvgIpc) is 2.16. The average molecular weight is 228 g/mol. The van der Waals surface area contributed by atoms with Gasteiger partial charge in [0.15, 0.2) is 0 Å². The molecule has 1 aliphatic rings. The van der Waals surface area contributed by atoms with Gasteiger partial charge < -0.3 is 19.7 Å². The minimum Gasteiger partial charge on any atom is -0.444 e. The van der Waals surface area contributed by atoms with Crippen molar-refractivity contribution in [3.8, 4) is 0 Å². The highest BCUT2D eigenvalue weighted by Gasteiger charge is 2.29. The fourth-order valence-electron chi connectivity index (χ4n) is 1.64. The van der Waals surface area contributed by atoms with Crippen LogP contribution in [0.15, 0.2) is 0 Å². The molecular formula is C11H20N2O3. The van der Waals surface area contributed by atoms with E-state index in [0.717, 1.165) is 12.8 Å². The first-order valence-corrected chi connectivity index (χ1v) is 5.58. The van der Waals surface area contributed by atoms with Gasteiger partial charge in [0, 0.05) is 26.1 Å². The van der Waals surface area contributed by atoms with Gasteiger partial charge in [0.2, 0.25) is 0 Å². The zero-order chi connectivity index (χ0) is 12.2. The summed E-state index contributed by atoms with van der Waals surface area (Å²) in [4.78, 5) is 24.0. The molecule has 1 aliphatic heterocycles. The highest BCUT2D eigenvalue weighted by Crippen LogP contribution is 2.14. The van der Waals surface area contributed by atoms with Crippen molar-refractivity contribution < 1.29 is 14.3 Å². The minimum atomic E-state index is -0.492. The lowest BCUT2D eigenvalue weighted by Crippen LogP contribution is -2.54. The van der Waals surface area contributed by atoms with Crippen LogP contribution in [0.25, 0.3) is 0 Å². The van der Waals surface area contributed by atoms with Crippen molar-refractivity contribution in [3.05, 3.63) is 0 Å². The van der Waals surface area contributed by atoms with E-state index in [0.29, 0.717) is 19.5 Å². The Hall–Kier alpha value is -1.10. The number of piperazine rings is 1. The van der Waals surface area contributed by atoms with Gasteiger partial charge in [-0.25, -0.2) is 4.79 Å². The molecule has 0 aromatic rings. The molecule has 16 heavy (non-hydrogen) atoms. The smallest absolute Gasteiger partial charge is 0.410 e. The highest BCUT2D eigenvalue weighted by atomic mass is 16.6. The van der Waals surface area contributed by atoms with Crippen LogP contribution >= 0.6 is 0 Å². The summed E-state index contributed by atoms with van der Waals surface area (Å²) in [6.45, 7) is 7.49. The van der Waals surface area contributed by atoms with Crippen LogP contribution in [0.1, 0.15) is 27.2 Å². The summed E-state index contributed by atoms with van der Waals surface area (Å²) in [5.41, 5.74) is -0.492. The van der Waals surface area contributed by atoms with Gasteiger partial charge in [-0.05, 0) is 20.8 Å². The largest absolute Gasteiger partial charge is 0.444 e. The number of nitrogens with zero attached hydrogens (tertiary/aromatic N) is 1. The number of carbonyl (C=O) groups is 2. The van der Waals surface area contributed by atoms with Gasteiger partial charge in [-0.2, -0.15) is 0 Å². The quantitative estimate of drug-likeness (QED) is 0.710. The fraction of sp³-hybridized carbons (Fsp3) is 0.818. The summed E-state index contributed by atoms with van der Waals surface area (Å²) in [6.07, 6.45) is 0.863. The lowest BCUT2D eigenvalue weighted by Gasteiger charge is -2.36. The van der Waals surface area contributed by atoms with Crippen LogP contribution in [-0.4, -0.2) is 48.6 Å². The highest BCUT2D eigenvalue weighted by molar-refractivity contribution is 5.69. The first-order chi connectivity index (χ1) is 7.44. The van der Waals surface area contributed by atoms with Gasteiger partial charge in [-0.3, -0.25) is 0 Å². The predicted molar refractivity (Wildman–Crippen MR) is 60.3 cm³/mol. The van der Waals surface area contributed by atoms with Gasteiger partial charge >= 0.3 is 6.09 Å². The SMILES string of the molecule is CC(C)(C)OC(=O)N1CCNCC1CC=O. The number of ether oxygens (including phenoxy) is 1. The van der Waals surface area contributed by atoms with Gasteiger partial charge in [0.05, 0.1) is 6.04 Å². The molecule has 1 heterocycles. The maximum absolute atomic E-state index is 11.9. The van der Waals surface area contributed by atoms with E-state index in [1.54, 1.807) is 4.90 Å². The van der Waals surface area contributed by atoms with Gasteiger partial charge in [-0.15, -0.1) is 0 Å². The van der Waals surface area contributed by atoms with Crippen LogP contribution < -0.4 is 5.32 Å². The molecule has 1 atom stereocenters. The first-order valence-electron chi connectivity index (χ1n) is 5.58. The second kappa shape index (κ2) is 5.30. The maximum Gasteiger partial charge on any atom is 0.410 e. The van der Waals surface area contributed by atoms with Crippen molar-refractivity contribution in [3.63, 3.8) is 0 Å². The van der Waals surface area contributed by atoms with E-state index in [-0.39, 0.29) is 12.1 Å². The van der Waals surface area contributed by atoms with Crippen molar-refractivity contribution >= 4 is 12.4 Å². The Balaban J connectivity index is 2.60. The van der Waals surface area contributed by atoms with Crippen molar-refractivity contribution in [2.24, 2.45) is 0 Å². The van der Waals surface area contributed by atoms with Crippen molar-refractivity contribution in [1.82, 2.24) is 10.2 Å². The lowest BCUT2D eigenvalue weighted by molar-refractivity contribution is -0.109. The van der Waals surface area contributed by atoms with Crippen LogP contribution in [-0.2, 0) is 9.53 Å². The molecule has 1 rings (SSSR count). The molecule has 5 nitrogen and oxygen atoms in total. The number of amides is 1. The number of carbonyl (C=O) groups excluding carboxylic acids is 2. The van der Waals surface area contributed by atoms with Crippen LogP contribution in [0.5, 0.6) is 0 Å². The molecule has 0 aromatic carbocycles. The maximum atomic E-state index is 11.9. The molecule has 1 amide bonds. The molecule has 0 saturated carbocycles. The Labute approximate surface area is 96.1 Å². The summed E-state index contributed by atoms with van der Waals surface area (Å²) in [5, 5.41) is 3.16. The molecule has 5 heteroatoms. The molecule has 0 bridgehead atoms. The normalized spacial score (nSPS) is 21.7. The van der Waals surface area contributed by atoms with E-state index in [2.05, 4.69) is 5.32 Å². The number of aldehydes is 1. The lowest BCUT2D eigenvalue weighted by atomic mass is 10.1. The molecular weight excluding hydrogens is 208 g/mol. The summed E-state index contributed by atoms with van der Waals surface area (Å²) < 4.78 is 5.30. The zero-order valence-corrected chi connectivity index (χ0v) is 10.2. The third-order valence-electron chi connectivity index (χ3n) is 2.35. The Kier molecular flexibility index (Phi) is 4.29. The van der Waals surface area contributed by atoms with Crippen molar-refractivity contribution in [2.75, 3.05) is 19.6 Å². The topological polar surface area (TPSA) is 58.6 Å². The molecule has 0 aliphatic carbocycles. The van der Waals surface area contributed by atoms with Crippen LogP contribution in [0.4, 0.5) is 4.79 Å². The van der Waals surface area contributed by atoms with E-state index in [4.69, 9.17) is 4.74 Å². The monoisotopic (exact) mass is 228 g/mol. The summed E-state index contributed by atoms with van der Waals surface area (Å²) >= 11 is 0. The molecule has 0 aromatic heterocycles. The Morgan fingerprint density at radius 1 is 1.56 bits per heavy atom. The number of nitrogens with one attached hydrogen (secondary N) is 1. The van der Waals surface area contributed by atoms with Crippen LogP contribution in [0, 0.1) is 0 Å². The van der Waals surface area contributed by atoms with Gasteiger partial charge in [-0.1, -0.05) is 0 Å². The van der Waals surface area contributed by atoms with Gasteiger partial charge in [0.1, 0.15) is 11.9 Å². The molecule has 1 fully saturated rings. The predicted octanol–water partition coefficient (Wildman–Crippen LogP) is 0.784. The Morgan fingerprint density at radius 3 is 2.81 bits per heavy atom. The summed E-state index contributed by atoms with van der Waals surface area (Å²) in [5.74, 6) is 0. The standard InChI is InChI=1S/C11H20N2O3/c1-11(2,3)16-10(15)13-6-5-12-8-9(13)4-7-14/h7,9,12H,4-6,8H2,1-3H3. The first kappa shape index (κ1) is 13.0. The van der Waals surface area contributed by atoms with Gasteiger partial charge in [0.25, 0.3) is 0 Å².